The van der Waals surface area contributed by atoms with Crippen LogP contribution in [0.3, 0.4) is 0 Å². The minimum Gasteiger partial charge on any atom is -0.338 e. The van der Waals surface area contributed by atoms with Crippen molar-refractivity contribution in [1.29, 1.82) is 0 Å². The highest BCUT2D eigenvalue weighted by atomic mass is 16.1. The third-order valence-corrected chi connectivity index (χ3v) is 0.565. The molecule has 1 amide bonds. The minimum absolute atomic E-state index is 0.0532. The van der Waals surface area contributed by atoms with Crippen molar-refractivity contribution in [2.24, 2.45) is 5.73 Å². The Labute approximate surface area is 42.9 Å². The molecule has 0 spiro atoms. The van der Waals surface area contributed by atoms with Gasteiger partial charge in [-0.15, -0.1) is 0 Å². The van der Waals surface area contributed by atoms with Gasteiger partial charge < -0.3 is 11.1 Å². The summed E-state index contributed by atoms with van der Waals surface area (Å²) in [4.78, 5) is 10.2. The van der Waals surface area contributed by atoms with Crippen LogP contribution in [0.25, 0.3) is 0 Å². The van der Waals surface area contributed by atoms with Gasteiger partial charge >= 0.3 is 0 Å². The Morgan fingerprint density at radius 3 is 2.71 bits per heavy atom. The zero-order chi connectivity index (χ0) is 5.70. The van der Waals surface area contributed by atoms with Crippen molar-refractivity contribution in [2.45, 2.75) is 13.3 Å². The van der Waals surface area contributed by atoms with E-state index < -0.39 is 0 Å². The molecule has 0 saturated heterocycles. The number of rotatable bonds is 2. The van der Waals surface area contributed by atoms with Gasteiger partial charge in [-0.3, -0.25) is 4.79 Å². The van der Waals surface area contributed by atoms with E-state index in [0.717, 1.165) is 6.67 Å². The van der Waals surface area contributed by atoms with E-state index in [2.05, 4.69) is 5.32 Å². The standard InChI is InChI=1S/C4H9N2O/c1-2-4(7)6-3-5/h3H,2,5H2,1H3,(H,6,7). The summed E-state index contributed by atoms with van der Waals surface area (Å²) in [6, 6.07) is 0. The van der Waals surface area contributed by atoms with Crippen molar-refractivity contribution in [3.8, 4) is 0 Å². The van der Waals surface area contributed by atoms with E-state index in [1.165, 1.54) is 0 Å². The number of carbonyl (C=O) groups excluding carboxylic acids is 1. The second-order valence-corrected chi connectivity index (χ2v) is 1.09. The van der Waals surface area contributed by atoms with E-state index in [-0.39, 0.29) is 5.91 Å². The first-order chi connectivity index (χ1) is 3.31. The average molecular weight is 101 g/mol. The van der Waals surface area contributed by atoms with Crippen LogP contribution < -0.4 is 11.1 Å². The molecule has 0 heterocycles. The van der Waals surface area contributed by atoms with Gasteiger partial charge in [-0.2, -0.15) is 0 Å². The molecule has 0 fully saturated rings. The Balaban J connectivity index is 3.00. The van der Waals surface area contributed by atoms with Gasteiger partial charge in [0.1, 0.15) is 6.67 Å². The molecule has 3 nitrogen and oxygen atoms in total. The van der Waals surface area contributed by atoms with Gasteiger partial charge in [0.2, 0.25) is 5.91 Å². The lowest BCUT2D eigenvalue weighted by molar-refractivity contribution is -0.120. The van der Waals surface area contributed by atoms with Crippen LogP contribution in [-0.2, 0) is 4.79 Å². The zero-order valence-corrected chi connectivity index (χ0v) is 4.27. The summed E-state index contributed by atoms with van der Waals surface area (Å²) in [6.45, 7) is 2.89. The van der Waals surface area contributed by atoms with Gasteiger partial charge in [0.25, 0.3) is 0 Å². The van der Waals surface area contributed by atoms with Gasteiger partial charge in [-0.25, -0.2) is 0 Å². The Morgan fingerprint density at radius 2 is 2.57 bits per heavy atom. The average Bonchev–Trinajstić information content (AvgIpc) is 1.68. The highest BCUT2D eigenvalue weighted by Crippen LogP contribution is 1.71. The fourth-order valence-corrected chi connectivity index (χ4v) is 0.195. The van der Waals surface area contributed by atoms with E-state index in [0.29, 0.717) is 6.42 Å². The fraction of sp³-hybridized carbons (Fsp3) is 0.500. The molecule has 0 saturated carbocycles. The van der Waals surface area contributed by atoms with Crippen LogP contribution in [0.2, 0.25) is 0 Å². The van der Waals surface area contributed by atoms with Crippen molar-refractivity contribution in [3.63, 3.8) is 0 Å². The number of hydrogen-bond acceptors (Lipinski definition) is 2. The van der Waals surface area contributed by atoms with Crippen LogP contribution in [-0.4, -0.2) is 5.91 Å². The molecule has 0 aromatic carbocycles. The summed E-state index contributed by atoms with van der Waals surface area (Å²) in [5.41, 5.74) is 4.85. The maximum absolute atomic E-state index is 10.2. The van der Waals surface area contributed by atoms with E-state index in [4.69, 9.17) is 5.73 Å². The lowest BCUT2D eigenvalue weighted by Gasteiger charge is -1.92. The largest absolute Gasteiger partial charge is 0.338 e. The van der Waals surface area contributed by atoms with Crippen molar-refractivity contribution in [2.75, 3.05) is 0 Å². The van der Waals surface area contributed by atoms with Crippen LogP contribution in [0.5, 0.6) is 0 Å². The Morgan fingerprint density at radius 1 is 2.00 bits per heavy atom. The smallest absolute Gasteiger partial charge is 0.221 e. The molecular weight excluding hydrogens is 92.1 g/mol. The molecule has 0 aliphatic heterocycles. The maximum Gasteiger partial charge on any atom is 0.221 e. The third-order valence-electron chi connectivity index (χ3n) is 0.565. The van der Waals surface area contributed by atoms with Gasteiger partial charge in [0.15, 0.2) is 0 Å². The lowest BCUT2D eigenvalue weighted by Crippen LogP contribution is -2.22. The fourth-order valence-electron chi connectivity index (χ4n) is 0.195. The molecule has 7 heavy (non-hydrogen) atoms. The Hall–Kier alpha value is -0.570. The van der Waals surface area contributed by atoms with E-state index >= 15 is 0 Å². The first-order valence-electron chi connectivity index (χ1n) is 2.14. The predicted octanol–water partition coefficient (Wildman–Crippen LogP) is -0.409. The topological polar surface area (TPSA) is 55.1 Å². The van der Waals surface area contributed by atoms with Gasteiger partial charge in [-0.1, -0.05) is 6.92 Å². The molecule has 1 radical (unpaired) electrons. The molecule has 0 rings (SSSR count). The monoisotopic (exact) mass is 101 g/mol. The summed E-state index contributed by atoms with van der Waals surface area (Å²) in [6.07, 6.45) is 0.480. The summed E-state index contributed by atoms with van der Waals surface area (Å²) < 4.78 is 0. The number of nitrogens with two attached hydrogens (primary N) is 1. The molecule has 3 N–H and O–H groups in total. The summed E-state index contributed by atoms with van der Waals surface area (Å²) >= 11 is 0. The molecule has 3 heteroatoms. The third kappa shape index (κ3) is 3.26. The van der Waals surface area contributed by atoms with Crippen molar-refractivity contribution >= 4 is 5.91 Å². The van der Waals surface area contributed by atoms with E-state index in [9.17, 15) is 4.79 Å². The van der Waals surface area contributed by atoms with Crippen LogP contribution in [0, 0.1) is 6.67 Å². The van der Waals surface area contributed by atoms with E-state index in [1.54, 1.807) is 6.92 Å². The van der Waals surface area contributed by atoms with Gasteiger partial charge in [-0.05, 0) is 0 Å². The van der Waals surface area contributed by atoms with Crippen LogP contribution >= 0.6 is 0 Å². The number of hydrogen-bond donors (Lipinski definition) is 2. The Kier molecular flexibility index (Phi) is 3.32. The first-order valence-corrected chi connectivity index (χ1v) is 2.14. The molecule has 0 aromatic rings. The molecule has 0 atom stereocenters. The number of nitrogens with one attached hydrogen (secondary N) is 1. The molecular formula is C4H9N2O. The molecule has 0 aliphatic carbocycles. The Bertz CT molecular complexity index is 62.7. The molecule has 41 valence electrons. The first kappa shape index (κ1) is 6.43. The van der Waals surface area contributed by atoms with Crippen LogP contribution in [0.15, 0.2) is 0 Å². The molecule has 0 aliphatic rings. The van der Waals surface area contributed by atoms with Crippen molar-refractivity contribution in [1.82, 2.24) is 5.32 Å². The second kappa shape index (κ2) is 3.61. The van der Waals surface area contributed by atoms with Crippen LogP contribution in [0.4, 0.5) is 0 Å². The van der Waals surface area contributed by atoms with Crippen molar-refractivity contribution < 1.29 is 4.79 Å². The summed E-state index contributed by atoms with van der Waals surface area (Å²) in [5, 5.41) is 2.31. The highest BCUT2D eigenvalue weighted by molar-refractivity contribution is 5.75. The quantitative estimate of drug-likeness (QED) is 0.497. The lowest BCUT2D eigenvalue weighted by atomic mass is 10.5. The summed E-state index contributed by atoms with van der Waals surface area (Å²) in [5.74, 6) is -0.0532. The van der Waals surface area contributed by atoms with Gasteiger partial charge in [0.05, 0.1) is 0 Å². The number of amides is 1. The van der Waals surface area contributed by atoms with Crippen LogP contribution in [0.1, 0.15) is 13.3 Å². The highest BCUT2D eigenvalue weighted by Gasteiger charge is 1.89. The SMILES string of the molecule is CCC(=O)N[CH]N. The normalized spacial score (nSPS) is 8.29. The maximum atomic E-state index is 10.2. The predicted molar refractivity (Wildman–Crippen MR) is 26.9 cm³/mol. The van der Waals surface area contributed by atoms with Crippen molar-refractivity contribution in [3.05, 3.63) is 6.67 Å². The molecule has 0 unspecified atom stereocenters. The molecule has 0 aromatic heterocycles. The van der Waals surface area contributed by atoms with E-state index in [1.807, 2.05) is 0 Å². The minimum atomic E-state index is -0.0532. The molecule has 0 bridgehead atoms. The van der Waals surface area contributed by atoms with Gasteiger partial charge in [0, 0.05) is 6.42 Å². The summed E-state index contributed by atoms with van der Waals surface area (Å²) in [7, 11) is 0. The number of carbonyl (C=O) groups is 1. The zero-order valence-electron chi connectivity index (χ0n) is 4.27. The second-order valence-electron chi connectivity index (χ2n) is 1.09.